The smallest absolute Gasteiger partial charge is 0.360 e. The molecule has 0 aliphatic heterocycles. The Balaban J connectivity index is 2.84. The van der Waals surface area contributed by atoms with E-state index in [0.717, 1.165) is 0 Å². The Morgan fingerprint density at radius 1 is 1.35 bits per heavy atom. The van der Waals surface area contributed by atoms with Gasteiger partial charge in [-0.25, -0.2) is 17.9 Å². The molecule has 114 valence electrons. The topological polar surface area (TPSA) is 91.2 Å². The van der Waals surface area contributed by atoms with Gasteiger partial charge in [-0.15, -0.1) is 5.10 Å². The first-order chi connectivity index (χ1) is 9.10. The number of hydrogen-bond acceptors (Lipinski definition) is 6. The van der Waals surface area contributed by atoms with Crippen LogP contribution in [0.25, 0.3) is 0 Å². The van der Waals surface area contributed by atoms with Crippen molar-refractivity contribution >= 4 is 15.8 Å². The van der Waals surface area contributed by atoms with Gasteiger partial charge < -0.3 is 4.74 Å². The number of aryl methyl sites for hydroxylation is 1. The first-order valence-electron chi connectivity index (χ1n) is 6.39. The molecule has 7 nitrogen and oxygen atoms in total. The van der Waals surface area contributed by atoms with E-state index in [4.69, 9.17) is 4.74 Å². The van der Waals surface area contributed by atoms with Crippen LogP contribution in [0.15, 0.2) is 0 Å². The van der Waals surface area contributed by atoms with E-state index in [1.165, 1.54) is 4.68 Å². The van der Waals surface area contributed by atoms with Crippen LogP contribution in [0.5, 0.6) is 0 Å². The lowest BCUT2D eigenvalue weighted by atomic mass is 10.3. The van der Waals surface area contributed by atoms with Gasteiger partial charge in [0, 0.05) is 0 Å². The van der Waals surface area contributed by atoms with Crippen LogP contribution in [0.3, 0.4) is 0 Å². The molecule has 0 spiro atoms. The molecule has 1 aromatic rings. The minimum absolute atomic E-state index is 0.0526. The normalized spacial score (nSPS) is 12.4. The Bertz CT molecular complexity index is 584. The molecule has 0 saturated carbocycles. The third-order valence-corrected chi connectivity index (χ3v) is 5.54. The number of sulfone groups is 1. The molecule has 0 aliphatic carbocycles. The van der Waals surface area contributed by atoms with Crippen LogP contribution in [-0.2, 0) is 21.1 Å². The SMILES string of the molecule is CCOC(=O)c1nnn(CCS(=O)(=O)C(C)(C)C)c1C. The van der Waals surface area contributed by atoms with E-state index in [1.54, 1.807) is 34.6 Å². The Kier molecular flexibility index (Phi) is 4.90. The molecular weight excluding hydrogens is 282 g/mol. The van der Waals surface area contributed by atoms with Crippen molar-refractivity contribution in [2.24, 2.45) is 0 Å². The number of hydrogen-bond donors (Lipinski definition) is 0. The zero-order valence-electron chi connectivity index (χ0n) is 12.5. The Morgan fingerprint density at radius 3 is 2.45 bits per heavy atom. The van der Waals surface area contributed by atoms with Crippen LogP contribution in [0.4, 0.5) is 0 Å². The third kappa shape index (κ3) is 3.56. The van der Waals surface area contributed by atoms with Crippen LogP contribution in [0.1, 0.15) is 43.9 Å². The van der Waals surface area contributed by atoms with Crippen molar-refractivity contribution < 1.29 is 17.9 Å². The fourth-order valence-corrected chi connectivity index (χ4v) is 2.50. The van der Waals surface area contributed by atoms with E-state index in [-0.39, 0.29) is 24.6 Å². The molecule has 20 heavy (non-hydrogen) atoms. The van der Waals surface area contributed by atoms with Gasteiger partial charge in [0.05, 0.1) is 29.3 Å². The lowest BCUT2D eigenvalue weighted by Gasteiger charge is -2.19. The summed E-state index contributed by atoms with van der Waals surface area (Å²) in [5, 5.41) is 7.55. The summed E-state index contributed by atoms with van der Waals surface area (Å²) >= 11 is 0. The summed E-state index contributed by atoms with van der Waals surface area (Å²) in [6, 6.07) is 0. The van der Waals surface area contributed by atoms with Crippen LogP contribution >= 0.6 is 0 Å². The summed E-state index contributed by atoms with van der Waals surface area (Å²) in [5.41, 5.74) is 0.632. The highest BCUT2D eigenvalue weighted by Gasteiger charge is 2.29. The van der Waals surface area contributed by atoms with Crippen LogP contribution in [0.2, 0.25) is 0 Å². The standard InChI is InChI=1S/C12H21N3O4S/c1-6-19-11(16)10-9(2)15(14-13-10)7-8-20(17,18)12(3,4)5/h6-8H2,1-5H3. The van der Waals surface area contributed by atoms with Crippen molar-refractivity contribution in [1.82, 2.24) is 15.0 Å². The molecule has 0 aliphatic rings. The molecule has 0 unspecified atom stereocenters. The predicted molar refractivity (Wildman–Crippen MR) is 74.3 cm³/mol. The number of carbonyl (C=O) groups excluding carboxylic acids is 1. The highest BCUT2D eigenvalue weighted by atomic mass is 32.2. The zero-order chi connectivity index (χ0) is 15.6. The molecule has 0 atom stereocenters. The molecule has 1 heterocycles. The molecule has 1 aromatic heterocycles. The molecule has 0 amide bonds. The fourth-order valence-electron chi connectivity index (χ4n) is 1.47. The summed E-state index contributed by atoms with van der Waals surface area (Å²) in [7, 11) is -3.24. The second kappa shape index (κ2) is 5.90. The third-order valence-electron chi connectivity index (χ3n) is 2.96. The average Bonchev–Trinajstić information content (AvgIpc) is 2.67. The molecule has 0 saturated heterocycles. The predicted octanol–water partition coefficient (Wildman–Crippen LogP) is 0.977. The van der Waals surface area contributed by atoms with Crippen molar-refractivity contribution in [3.05, 3.63) is 11.4 Å². The maximum atomic E-state index is 12.0. The van der Waals surface area contributed by atoms with Crippen molar-refractivity contribution in [2.45, 2.75) is 45.9 Å². The molecule has 0 bridgehead atoms. The van der Waals surface area contributed by atoms with Crippen LogP contribution in [0, 0.1) is 6.92 Å². The number of carbonyl (C=O) groups is 1. The van der Waals surface area contributed by atoms with Gasteiger partial charge in [0.1, 0.15) is 0 Å². The van der Waals surface area contributed by atoms with Crippen molar-refractivity contribution in [2.75, 3.05) is 12.4 Å². The van der Waals surface area contributed by atoms with Gasteiger partial charge >= 0.3 is 5.97 Å². The van der Waals surface area contributed by atoms with Crippen molar-refractivity contribution in [3.63, 3.8) is 0 Å². The van der Waals surface area contributed by atoms with Gasteiger partial charge in [-0.2, -0.15) is 0 Å². The molecule has 1 rings (SSSR count). The van der Waals surface area contributed by atoms with E-state index in [2.05, 4.69) is 10.3 Å². The highest BCUT2D eigenvalue weighted by molar-refractivity contribution is 7.92. The highest BCUT2D eigenvalue weighted by Crippen LogP contribution is 2.16. The molecule has 0 aromatic carbocycles. The van der Waals surface area contributed by atoms with Gasteiger partial charge in [-0.3, -0.25) is 0 Å². The van der Waals surface area contributed by atoms with E-state index in [0.29, 0.717) is 5.69 Å². The van der Waals surface area contributed by atoms with Gasteiger partial charge in [0.2, 0.25) is 0 Å². The molecule has 8 heteroatoms. The van der Waals surface area contributed by atoms with Crippen molar-refractivity contribution in [1.29, 1.82) is 0 Å². The number of esters is 1. The van der Waals surface area contributed by atoms with Gasteiger partial charge in [-0.05, 0) is 34.6 Å². The Morgan fingerprint density at radius 2 is 1.95 bits per heavy atom. The number of aromatic nitrogens is 3. The second-order valence-corrected chi connectivity index (χ2v) is 8.26. The molecular formula is C12H21N3O4S. The number of rotatable bonds is 5. The van der Waals surface area contributed by atoms with E-state index in [9.17, 15) is 13.2 Å². The number of nitrogens with zero attached hydrogens (tertiary/aromatic N) is 3. The molecule has 0 radical (unpaired) electrons. The quantitative estimate of drug-likeness (QED) is 0.753. The fraction of sp³-hybridized carbons (Fsp3) is 0.750. The summed E-state index contributed by atoms with van der Waals surface area (Å²) in [6.07, 6.45) is 0. The summed E-state index contributed by atoms with van der Waals surface area (Å²) in [6.45, 7) is 8.74. The first-order valence-corrected chi connectivity index (χ1v) is 8.05. The largest absolute Gasteiger partial charge is 0.461 e. The van der Waals surface area contributed by atoms with Crippen molar-refractivity contribution in [3.8, 4) is 0 Å². The maximum absolute atomic E-state index is 12.0. The average molecular weight is 303 g/mol. The Labute approximate surface area is 119 Å². The minimum Gasteiger partial charge on any atom is -0.461 e. The summed E-state index contributed by atoms with van der Waals surface area (Å²) in [5.74, 6) is -0.599. The monoisotopic (exact) mass is 303 g/mol. The number of ether oxygens (including phenoxy) is 1. The van der Waals surface area contributed by atoms with Gasteiger partial charge in [0.15, 0.2) is 15.5 Å². The molecule has 0 fully saturated rings. The summed E-state index contributed by atoms with van der Waals surface area (Å²) < 4.78 is 29.5. The second-order valence-electron chi connectivity index (χ2n) is 5.40. The summed E-state index contributed by atoms with van der Waals surface area (Å²) in [4.78, 5) is 11.6. The van der Waals surface area contributed by atoms with Crippen LogP contribution < -0.4 is 0 Å². The van der Waals surface area contributed by atoms with Crippen LogP contribution in [-0.4, -0.2) is 46.5 Å². The first kappa shape index (κ1) is 16.6. The van der Waals surface area contributed by atoms with E-state index >= 15 is 0 Å². The van der Waals surface area contributed by atoms with E-state index in [1.807, 2.05) is 0 Å². The lowest BCUT2D eigenvalue weighted by Crippen LogP contribution is -2.32. The maximum Gasteiger partial charge on any atom is 0.360 e. The Hall–Kier alpha value is -1.44. The minimum atomic E-state index is -3.24. The zero-order valence-corrected chi connectivity index (χ0v) is 13.3. The van der Waals surface area contributed by atoms with Gasteiger partial charge in [0.25, 0.3) is 0 Å². The molecule has 0 N–H and O–H groups in total. The van der Waals surface area contributed by atoms with Gasteiger partial charge in [-0.1, -0.05) is 5.21 Å². The van der Waals surface area contributed by atoms with E-state index < -0.39 is 20.6 Å². The lowest BCUT2D eigenvalue weighted by molar-refractivity contribution is 0.0518.